The lowest BCUT2D eigenvalue weighted by atomic mass is 10.2. The molecule has 0 radical (unpaired) electrons. The summed E-state index contributed by atoms with van der Waals surface area (Å²) in [6.45, 7) is 2.62. The van der Waals surface area contributed by atoms with Crippen molar-refractivity contribution < 1.29 is 13.9 Å². The van der Waals surface area contributed by atoms with E-state index in [0.717, 1.165) is 0 Å². The van der Waals surface area contributed by atoms with Crippen LogP contribution >= 0.6 is 12.2 Å². The molecule has 0 bridgehead atoms. The molecular formula is C13H17FN2O2S. The third-order valence-electron chi connectivity index (χ3n) is 2.43. The van der Waals surface area contributed by atoms with Gasteiger partial charge in [0.05, 0.1) is 12.3 Å². The second-order valence-electron chi connectivity index (χ2n) is 3.89. The molecule has 0 saturated carbocycles. The van der Waals surface area contributed by atoms with Crippen LogP contribution in [0.1, 0.15) is 25.3 Å². The maximum atomic E-state index is 13.6. The lowest BCUT2D eigenvalue weighted by Gasteiger charge is -2.08. The maximum Gasteiger partial charge on any atom is 0.305 e. The van der Waals surface area contributed by atoms with Crippen molar-refractivity contribution in [1.29, 1.82) is 0 Å². The number of thiocarbonyl (C=S) groups is 1. The fourth-order valence-electron chi connectivity index (χ4n) is 1.50. The van der Waals surface area contributed by atoms with Crippen molar-refractivity contribution in [2.24, 2.45) is 5.73 Å². The minimum atomic E-state index is -0.415. The van der Waals surface area contributed by atoms with Crippen LogP contribution in [0.25, 0.3) is 0 Å². The summed E-state index contributed by atoms with van der Waals surface area (Å²) in [5.74, 6) is -0.657. The summed E-state index contributed by atoms with van der Waals surface area (Å²) < 4.78 is 18.4. The summed E-state index contributed by atoms with van der Waals surface area (Å²) >= 11 is 4.76. The van der Waals surface area contributed by atoms with E-state index < -0.39 is 5.82 Å². The van der Waals surface area contributed by atoms with Gasteiger partial charge in [0.2, 0.25) is 0 Å². The van der Waals surface area contributed by atoms with E-state index in [1.165, 1.54) is 6.07 Å². The zero-order valence-corrected chi connectivity index (χ0v) is 11.6. The van der Waals surface area contributed by atoms with Crippen molar-refractivity contribution in [3.05, 3.63) is 29.6 Å². The number of hydrogen-bond donors (Lipinski definition) is 2. The molecule has 0 saturated heterocycles. The highest BCUT2D eigenvalue weighted by Gasteiger charge is 2.05. The van der Waals surface area contributed by atoms with E-state index >= 15 is 0 Å². The second kappa shape index (κ2) is 7.68. The Bertz CT molecular complexity index is 466. The number of carbonyl (C=O) groups excluding carboxylic acids is 1. The summed E-state index contributed by atoms with van der Waals surface area (Å²) in [7, 11) is 0. The Morgan fingerprint density at radius 1 is 1.53 bits per heavy atom. The van der Waals surface area contributed by atoms with Gasteiger partial charge in [0.1, 0.15) is 10.8 Å². The van der Waals surface area contributed by atoms with Crippen LogP contribution in [0.2, 0.25) is 0 Å². The van der Waals surface area contributed by atoms with E-state index in [-0.39, 0.29) is 11.0 Å². The molecule has 0 unspecified atom stereocenters. The van der Waals surface area contributed by atoms with Gasteiger partial charge in [-0.05, 0) is 31.5 Å². The van der Waals surface area contributed by atoms with Crippen LogP contribution in [0, 0.1) is 5.82 Å². The van der Waals surface area contributed by atoms with Crippen molar-refractivity contribution in [2.45, 2.75) is 19.8 Å². The average Bonchev–Trinajstić information content (AvgIpc) is 2.36. The molecule has 0 spiro atoms. The topological polar surface area (TPSA) is 64.3 Å². The fourth-order valence-corrected chi connectivity index (χ4v) is 1.63. The summed E-state index contributed by atoms with van der Waals surface area (Å²) in [6, 6.07) is 4.52. The van der Waals surface area contributed by atoms with E-state index in [0.29, 0.717) is 37.2 Å². The van der Waals surface area contributed by atoms with Crippen molar-refractivity contribution in [3.8, 4) is 0 Å². The molecule has 0 atom stereocenters. The zero-order chi connectivity index (χ0) is 14.3. The minimum absolute atomic E-state index is 0.160. The molecule has 1 aromatic rings. The van der Waals surface area contributed by atoms with Crippen LogP contribution in [-0.2, 0) is 9.53 Å². The highest BCUT2D eigenvalue weighted by atomic mass is 32.1. The number of anilines is 1. The predicted molar refractivity (Wildman–Crippen MR) is 76.6 cm³/mol. The van der Waals surface area contributed by atoms with E-state index in [1.807, 2.05) is 0 Å². The molecule has 0 aromatic heterocycles. The Labute approximate surface area is 117 Å². The summed E-state index contributed by atoms with van der Waals surface area (Å²) in [6.07, 6.45) is 0.892. The standard InChI is InChI=1S/C13H17FN2O2S/c1-2-18-12(17)4-3-7-16-11-6-5-9(13(15)19)8-10(11)14/h5-6,8,16H,2-4,7H2,1H3,(H2,15,19). The molecular weight excluding hydrogens is 267 g/mol. The van der Waals surface area contributed by atoms with Crippen molar-refractivity contribution in [3.63, 3.8) is 0 Å². The first kappa shape index (κ1) is 15.4. The van der Waals surface area contributed by atoms with Gasteiger partial charge in [0.25, 0.3) is 0 Å². The van der Waals surface area contributed by atoms with Gasteiger partial charge in [-0.3, -0.25) is 4.79 Å². The molecule has 6 heteroatoms. The molecule has 0 aliphatic carbocycles. The summed E-state index contributed by atoms with van der Waals surface area (Å²) in [5, 5.41) is 2.91. The number of nitrogens with one attached hydrogen (secondary N) is 1. The molecule has 0 amide bonds. The van der Waals surface area contributed by atoms with E-state index in [2.05, 4.69) is 5.32 Å². The molecule has 0 heterocycles. The molecule has 1 rings (SSSR count). The highest BCUT2D eigenvalue weighted by Crippen LogP contribution is 2.15. The SMILES string of the molecule is CCOC(=O)CCCNc1ccc(C(N)=S)cc1F. The molecule has 3 N–H and O–H groups in total. The lowest BCUT2D eigenvalue weighted by molar-refractivity contribution is -0.143. The van der Waals surface area contributed by atoms with Crippen LogP contribution in [0.15, 0.2) is 18.2 Å². The van der Waals surface area contributed by atoms with Gasteiger partial charge in [-0.2, -0.15) is 0 Å². The molecule has 1 aromatic carbocycles. The number of esters is 1. The van der Waals surface area contributed by atoms with Gasteiger partial charge < -0.3 is 15.8 Å². The van der Waals surface area contributed by atoms with Gasteiger partial charge in [-0.1, -0.05) is 12.2 Å². The molecule has 0 fully saturated rings. The van der Waals surface area contributed by atoms with Gasteiger partial charge in [-0.15, -0.1) is 0 Å². The normalized spacial score (nSPS) is 10.0. The molecule has 0 aliphatic heterocycles. The lowest BCUT2D eigenvalue weighted by Crippen LogP contribution is -2.11. The van der Waals surface area contributed by atoms with Crippen LogP contribution in [0.3, 0.4) is 0 Å². The van der Waals surface area contributed by atoms with Gasteiger partial charge in [0, 0.05) is 18.5 Å². The third-order valence-corrected chi connectivity index (χ3v) is 2.67. The number of halogens is 1. The molecule has 104 valence electrons. The number of hydrogen-bond acceptors (Lipinski definition) is 4. The van der Waals surface area contributed by atoms with Crippen molar-refractivity contribution in [1.82, 2.24) is 0 Å². The van der Waals surface area contributed by atoms with Gasteiger partial charge in [-0.25, -0.2) is 4.39 Å². The number of benzene rings is 1. The highest BCUT2D eigenvalue weighted by molar-refractivity contribution is 7.80. The number of ether oxygens (including phenoxy) is 1. The minimum Gasteiger partial charge on any atom is -0.466 e. The largest absolute Gasteiger partial charge is 0.466 e. The van der Waals surface area contributed by atoms with Crippen LogP contribution in [-0.4, -0.2) is 24.1 Å². The van der Waals surface area contributed by atoms with Crippen LogP contribution in [0.4, 0.5) is 10.1 Å². The summed E-state index contributed by atoms with van der Waals surface area (Å²) in [4.78, 5) is 11.2. The van der Waals surface area contributed by atoms with Gasteiger partial charge >= 0.3 is 5.97 Å². The maximum absolute atomic E-state index is 13.6. The number of rotatable bonds is 7. The summed E-state index contributed by atoms with van der Waals surface area (Å²) in [5.41, 5.74) is 6.26. The van der Waals surface area contributed by atoms with E-state index in [1.54, 1.807) is 19.1 Å². The van der Waals surface area contributed by atoms with E-state index in [9.17, 15) is 9.18 Å². The predicted octanol–water partition coefficient (Wildman–Crippen LogP) is 2.22. The number of nitrogens with two attached hydrogens (primary N) is 1. The van der Waals surface area contributed by atoms with Gasteiger partial charge in [0.15, 0.2) is 0 Å². The quantitative estimate of drug-likeness (QED) is 0.456. The zero-order valence-electron chi connectivity index (χ0n) is 10.7. The Hall–Kier alpha value is -1.69. The first-order chi connectivity index (χ1) is 9.04. The monoisotopic (exact) mass is 284 g/mol. The third kappa shape index (κ3) is 5.21. The van der Waals surface area contributed by atoms with Crippen LogP contribution < -0.4 is 11.1 Å². The molecule has 19 heavy (non-hydrogen) atoms. The molecule has 4 nitrogen and oxygen atoms in total. The first-order valence-electron chi connectivity index (χ1n) is 6.03. The Kier molecular flexibility index (Phi) is 6.21. The first-order valence-corrected chi connectivity index (χ1v) is 6.44. The van der Waals surface area contributed by atoms with Crippen molar-refractivity contribution in [2.75, 3.05) is 18.5 Å². The second-order valence-corrected chi connectivity index (χ2v) is 4.33. The smallest absolute Gasteiger partial charge is 0.305 e. The van der Waals surface area contributed by atoms with E-state index in [4.69, 9.17) is 22.7 Å². The molecule has 0 aliphatic rings. The number of carbonyl (C=O) groups is 1. The van der Waals surface area contributed by atoms with Crippen LogP contribution in [0.5, 0.6) is 0 Å². The Morgan fingerprint density at radius 3 is 2.84 bits per heavy atom. The Morgan fingerprint density at radius 2 is 2.26 bits per heavy atom. The average molecular weight is 284 g/mol. The Balaban J connectivity index is 2.41. The van der Waals surface area contributed by atoms with Crippen molar-refractivity contribution >= 4 is 28.9 Å². The fraction of sp³-hybridized carbons (Fsp3) is 0.385.